The van der Waals surface area contributed by atoms with Crippen molar-refractivity contribution in [3.8, 4) is 22.6 Å². The van der Waals surface area contributed by atoms with E-state index in [4.69, 9.17) is 10.5 Å². The van der Waals surface area contributed by atoms with Gasteiger partial charge in [-0.1, -0.05) is 42.5 Å². The number of ether oxygens (including phenoxy) is 1. The number of hydrogen-bond donors (Lipinski definition) is 5. The first-order valence-corrected chi connectivity index (χ1v) is 14.7. The van der Waals surface area contributed by atoms with Crippen molar-refractivity contribution in [3.63, 3.8) is 0 Å². The number of primary amides is 1. The Morgan fingerprint density at radius 2 is 1.75 bits per heavy atom. The van der Waals surface area contributed by atoms with E-state index in [0.717, 1.165) is 29.7 Å². The maximum Gasteiger partial charge on any atom is 0.255 e. The highest BCUT2D eigenvalue weighted by Gasteiger charge is 2.50. The molecule has 0 aliphatic heterocycles. The van der Waals surface area contributed by atoms with E-state index in [1.807, 2.05) is 36.4 Å². The number of fused-ring (bicyclic) bond motifs is 3. The van der Waals surface area contributed by atoms with Gasteiger partial charge >= 0.3 is 0 Å². The van der Waals surface area contributed by atoms with Crippen LogP contribution in [0.2, 0.25) is 0 Å². The first kappa shape index (κ1) is 29.2. The predicted molar refractivity (Wildman–Crippen MR) is 163 cm³/mol. The Bertz CT molecular complexity index is 1740. The highest BCUT2D eigenvalue weighted by atomic mass is 16.5. The molecule has 9 heteroatoms. The van der Waals surface area contributed by atoms with Gasteiger partial charge in [-0.3, -0.25) is 14.4 Å². The van der Waals surface area contributed by atoms with E-state index in [9.17, 15) is 29.7 Å². The molecular weight excluding hydrogens is 560 g/mol. The van der Waals surface area contributed by atoms with Crippen LogP contribution in [0, 0.1) is 17.8 Å². The van der Waals surface area contributed by atoms with Gasteiger partial charge in [0.05, 0.1) is 18.6 Å². The Hall–Kier alpha value is -4.89. The zero-order valence-corrected chi connectivity index (χ0v) is 24.3. The Balaban J connectivity index is 1.33. The molecule has 3 atom stereocenters. The Labute approximate surface area is 254 Å². The van der Waals surface area contributed by atoms with Crippen LogP contribution in [0.3, 0.4) is 0 Å². The number of hydrogen-bond acceptors (Lipinski definition) is 8. The summed E-state index contributed by atoms with van der Waals surface area (Å²) in [5.41, 5.74) is 9.33. The number of carbonyl (C=O) groups excluding carboxylic acids is 3. The largest absolute Gasteiger partial charge is 0.511 e. The van der Waals surface area contributed by atoms with Crippen LogP contribution in [0.25, 0.3) is 11.1 Å². The number of phenolic OH excluding ortho intramolecular Hbond substituents is 1. The van der Waals surface area contributed by atoms with E-state index in [2.05, 4.69) is 17.4 Å². The number of aliphatic hydroxyl groups is 2. The minimum atomic E-state index is -1.15. The summed E-state index contributed by atoms with van der Waals surface area (Å²) in [7, 11) is 1.58. The smallest absolute Gasteiger partial charge is 0.255 e. The molecule has 3 aliphatic rings. The molecule has 6 rings (SSSR count). The van der Waals surface area contributed by atoms with Gasteiger partial charge in [0.25, 0.3) is 5.91 Å². The molecule has 9 nitrogen and oxygen atoms in total. The fourth-order valence-corrected chi connectivity index (χ4v) is 7.08. The maximum absolute atomic E-state index is 14.0. The van der Waals surface area contributed by atoms with Crippen LogP contribution >= 0.6 is 0 Å². The second-order valence-electron chi connectivity index (χ2n) is 11.7. The normalized spacial score (nSPS) is 21.1. The molecule has 1 unspecified atom stereocenters. The molecule has 0 fully saturated rings. The molecule has 44 heavy (non-hydrogen) atoms. The van der Waals surface area contributed by atoms with Crippen molar-refractivity contribution in [2.24, 2.45) is 23.5 Å². The summed E-state index contributed by atoms with van der Waals surface area (Å²) in [6, 6.07) is 19.3. The van der Waals surface area contributed by atoms with E-state index in [1.165, 1.54) is 11.6 Å². The van der Waals surface area contributed by atoms with Crippen LogP contribution in [0.4, 0.5) is 0 Å². The van der Waals surface area contributed by atoms with Gasteiger partial charge in [0, 0.05) is 24.1 Å². The number of benzene rings is 3. The molecule has 0 saturated carbocycles. The van der Waals surface area contributed by atoms with Crippen molar-refractivity contribution in [1.82, 2.24) is 5.32 Å². The summed E-state index contributed by atoms with van der Waals surface area (Å²) in [5, 5.41) is 36.1. The average Bonchev–Trinajstić information content (AvgIpc) is 2.99. The third kappa shape index (κ3) is 5.03. The third-order valence-corrected chi connectivity index (χ3v) is 9.09. The summed E-state index contributed by atoms with van der Waals surface area (Å²) in [6.45, 7) is 1.42. The number of Topliss-reactive ketones (excluding diaryl/α,β-unsaturated/α-hetero) is 2. The third-order valence-electron chi connectivity index (χ3n) is 9.09. The molecule has 3 aromatic carbocycles. The van der Waals surface area contributed by atoms with Gasteiger partial charge in [-0.25, -0.2) is 0 Å². The summed E-state index contributed by atoms with van der Waals surface area (Å²) >= 11 is 0. The zero-order chi connectivity index (χ0) is 31.1. The lowest BCUT2D eigenvalue weighted by molar-refractivity contribution is -0.126. The Kier molecular flexibility index (Phi) is 7.73. The maximum atomic E-state index is 14.0. The van der Waals surface area contributed by atoms with Crippen molar-refractivity contribution < 1.29 is 34.4 Å². The summed E-state index contributed by atoms with van der Waals surface area (Å²) in [5.74, 6) is -4.95. The number of nitrogens with one attached hydrogen (secondary N) is 1. The van der Waals surface area contributed by atoms with E-state index in [1.54, 1.807) is 13.2 Å². The quantitative estimate of drug-likeness (QED) is 0.189. The number of carbonyl (C=O) groups is 3. The number of aliphatic hydroxyl groups excluding tert-OH is 2. The van der Waals surface area contributed by atoms with E-state index >= 15 is 0 Å². The molecule has 0 saturated heterocycles. The van der Waals surface area contributed by atoms with Crippen molar-refractivity contribution in [1.29, 1.82) is 0 Å². The number of phenols is 1. The van der Waals surface area contributed by atoms with Crippen LogP contribution in [0.1, 0.15) is 39.9 Å². The van der Waals surface area contributed by atoms with Gasteiger partial charge < -0.3 is 31.1 Å². The van der Waals surface area contributed by atoms with E-state index in [-0.39, 0.29) is 29.1 Å². The fourth-order valence-electron chi connectivity index (χ4n) is 7.08. The van der Waals surface area contributed by atoms with Crippen molar-refractivity contribution in [2.75, 3.05) is 13.7 Å². The average molecular weight is 595 g/mol. The number of amides is 1. The number of methoxy groups -OCH3 is 1. The van der Waals surface area contributed by atoms with E-state index in [0.29, 0.717) is 30.7 Å². The highest BCUT2D eigenvalue weighted by molar-refractivity contribution is 6.22. The van der Waals surface area contributed by atoms with E-state index < -0.39 is 46.6 Å². The standard InChI is InChI=1S/C35H34N2O7/c1-44-27-10-7-19(17-37-12-11-18-5-3-2-4-6-18)13-23(27)22-8-9-25(38)30-24(22)15-20-14-21-16-26(39)31(35(36)43)34(42)29(21)32(40)28(20)33(30)41/h2-10,13,20-21,29,37-40H,11-12,14-17H2,1H3,(H2,36,43)/t20-,21+,29?/m1/s1. The second-order valence-corrected chi connectivity index (χ2v) is 11.7. The lowest BCUT2D eigenvalue weighted by Crippen LogP contribution is -2.43. The Morgan fingerprint density at radius 3 is 2.48 bits per heavy atom. The fraction of sp³-hybridized carbons (Fsp3) is 0.286. The molecule has 3 aromatic rings. The molecule has 0 radical (unpaired) electrons. The first-order valence-electron chi connectivity index (χ1n) is 14.7. The minimum absolute atomic E-state index is 0.0103. The van der Waals surface area contributed by atoms with Gasteiger partial charge in [-0.05, 0) is 78.1 Å². The number of rotatable bonds is 8. The molecule has 0 heterocycles. The number of nitrogens with two attached hydrogens (primary N) is 1. The van der Waals surface area contributed by atoms with Gasteiger partial charge in [-0.15, -0.1) is 0 Å². The molecule has 226 valence electrons. The predicted octanol–water partition coefficient (Wildman–Crippen LogP) is 4.47. The van der Waals surface area contributed by atoms with Gasteiger partial charge in [0.1, 0.15) is 28.6 Å². The summed E-state index contributed by atoms with van der Waals surface area (Å²) in [6.07, 6.45) is 1.53. The minimum Gasteiger partial charge on any atom is -0.511 e. The van der Waals surface area contributed by atoms with Crippen molar-refractivity contribution in [3.05, 3.63) is 106 Å². The van der Waals surface area contributed by atoms with Gasteiger partial charge in [0.15, 0.2) is 11.6 Å². The van der Waals surface area contributed by atoms with Crippen LogP contribution in [-0.4, -0.2) is 46.4 Å². The molecular formula is C35H34N2O7. The van der Waals surface area contributed by atoms with Crippen LogP contribution in [0.15, 0.2) is 83.3 Å². The second kappa shape index (κ2) is 11.7. The van der Waals surface area contributed by atoms with Crippen LogP contribution in [-0.2, 0) is 29.0 Å². The molecule has 0 aromatic heterocycles. The first-order chi connectivity index (χ1) is 21.2. The molecule has 0 spiro atoms. The topological polar surface area (TPSA) is 159 Å². The summed E-state index contributed by atoms with van der Waals surface area (Å²) in [4.78, 5) is 39.0. The summed E-state index contributed by atoms with van der Waals surface area (Å²) < 4.78 is 5.71. The van der Waals surface area contributed by atoms with Crippen molar-refractivity contribution in [2.45, 2.75) is 32.2 Å². The number of aromatic hydroxyl groups is 1. The molecule has 1 amide bonds. The van der Waals surface area contributed by atoms with Gasteiger partial charge in [-0.2, -0.15) is 0 Å². The molecule has 3 aliphatic carbocycles. The molecule has 0 bridgehead atoms. The number of ketones is 2. The lowest BCUT2D eigenvalue weighted by atomic mass is 9.62. The van der Waals surface area contributed by atoms with Crippen LogP contribution < -0.4 is 15.8 Å². The van der Waals surface area contributed by atoms with Crippen molar-refractivity contribution >= 4 is 17.5 Å². The zero-order valence-electron chi connectivity index (χ0n) is 24.3. The Morgan fingerprint density at radius 1 is 0.977 bits per heavy atom. The lowest BCUT2D eigenvalue weighted by Gasteiger charge is -2.41. The highest BCUT2D eigenvalue weighted by Crippen LogP contribution is 2.51. The SMILES string of the molecule is COc1ccc(CNCCc2ccccc2)cc1-c1ccc(O)c2c1C[C@H]1C[C@H]3CC(O)=C(C(N)=O)C(=O)C3C(O)=C1C2=O. The number of allylic oxidation sites excluding steroid dienone is 3. The van der Waals surface area contributed by atoms with Crippen LogP contribution in [0.5, 0.6) is 11.5 Å². The molecule has 6 N–H and O–H groups in total. The van der Waals surface area contributed by atoms with Gasteiger partial charge in [0.2, 0.25) is 0 Å². The monoisotopic (exact) mass is 594 g/mol.